The van der Waals surface area contributed by atoms with Gasteiger partial charge in [-0.25, -0.2) is 17.5 Å². The highest BCUT2D eigenvalue weighted by molar-refractivity contribution is 7.89. The number of anilines is 1. The number of nitrogens with two attached hydrogens (primary N) is 1. The molecular weight excluding hydrogens is 281 g/mol. The second-order valence-corrected chi connectivity index (χ2v) is 6.83. The molecular formula is C13H22FN3O2S. The Bertz CT molecular complexity index is 573. The van der Waals surface area contributed by atoms with Crippen LogP contribution in [0, 0.1) is 12.7 Å². The molecule has 0 aliphatic rings. The van der Waals surface area contributed by atoms with Crippen molar-refractivity contribution in [2.75, 3.05) is 25.9 Å². The van der Waals surface area contributed by atoms with Gasteiger partial charge in [-0.05, 0) is 40.0 Å². The largest absolute Gasteiger partial charge is 0.399 e. The molecule has 0 spiro atoms. The van der Waals surface area contributed by atoms with Crippen LogP contribution in [-0.4, -0.2) is 39.5 Å². The quantitative estimate of drug-likeness (QED) is 0.778. The van der Waals surface area contributed by atoms with Crippen LogP contribution in [0.15, 0.2) is 17.0 Å². The minimum atomic E-state index is -3.75. The number of nitrogen functional groups attached to an aromatic ring is 1. The van der Waals surface area contributed by atoms with Crippen LogP contribution in [0.5, 0.6) is 0 Å². The van der Waals surface area contributed by atoms with Crippen LogP contribution in [0.25, 0.3) is 0 Å². The highest BCUT2D eigenvalue weighted by Crippen LogP contribution is 2.21. The van der Waals surface area contributed by atoms with E-state index < -0.39 is 15.8 Å². The summed E-state index contributed by atoms with van der Waals surface area (Å²) in [7, 11) is -1.85. The summed E-state index contributed by atoms with van der Waals surface area (Å²) in [5.74, 6) is -0.621. The molecule has 0 saturated carbocycles. The maximum absolute atomic E-state index is 13.5. The van der Waals surface area contributed by atoms with Gasteiger partial charge >= 0.3 is 0 Å². The minimum Gasteiger partial charge on any atom is -0.399 e. The Hall–Kier alpha value is -1.18. The first-order valence-corrected chi connectivity index (χ1v) is 7.89. The maximum atomic E-state index is 13.5. The third-order valence-electron chi connectivity index (χ3n) is 3.25. The number of benzene rings is 1. The third-order valence-corrected chi connectivity index (χ3v) is 4.83. The van der Waals surface area contributed by atoms with Gasteiger partial charge in [0.2, 0.25) is 10.0 Å². The van der Waals surface area contributed by atoms with Gasteiger partial charge in [-0.3, -0.25) is 0 Å². The second-order valence-electron chi connectivity index (χ2n) is 5.10. The molecule has 0 saturated heterocycles. The van der Waals surface area contributed by atoms with E-state index in [-0.39, 0.29) is 22.7 Å². The monoisotopic (exact) mass is 303 g/mol. The molecule has 20 heavy (non-hydrogen) atoms. The molecule has 1 rings (SSSR count). The summed E-state index contributed by atoms with van der Waals surface area (Å²) in [5, 5.41) is 0. The Morgan fingerprint density at radius 2 is 2.00 bits per heavy atom. The first-order chi connectivity index (χ1) is 9.15. The Morgan fingerprint density at radius 3 is 2.55 bits per heavy atom. The molecule has 0 aliphatic heterocycles. The van der Waals surface area contributed by atoms with Gasteiger partial charge in [0, 0.05) is 30.4 Å². The van der Waals surface area contributed by atoms with Crippen molar-refractivity contribution in [1.29, 1.82) is 0 Å². The topological polar surface area (TPSA) is 75.4 Å². The zero-order chi connectivity index (χ0) is 15.5. The predicted molar refractivity (Wildman–Crippen MR) is 78.5 cm³/mol. The molecule has 0 amide bonds. The lowest BCUT2D eigenvalue weighted by molar-refractivity contribution is 0.278. The van der Waals surface area contributed by atoms with Crippen LogP contribution in [0.4, 0.5) is 10.1 Å². The van der Waals surface area contributed by atoms with Gasteiger partial charge in [-0.2, -0.15) is 0 Å². The number of hydrogen-bond acceptors (Lipinski definition) is 4. The standard InChI is InChI=1S/C13H22FN3O2S/c1-9(2)17(4)6-5-16-20(18,19)13-8-11(15)7-12(14)10(13)3/h7-9,16H,5-6,15H2,1-4H3. The van der Waals surface area contributed by atoms with Crippen molar-refractivity contribution in [3.05, 3.63) is 23.5 Å². The van der Waals surface area contributed by atoms with Crippen molar-refractivity contribution in [3.8, 4) is 0 Å². The van der Waals surface area contributed by atoms with Gasteiger partial charge < -0.3 is 10.6 Å². The lowest BCUT2D eigenvalue weighted by Gasteiger charge is -2.21. The van der Waals surface area contributed by atoms with Crippen LogP contribution in [0.2, 0.25) is 0 Å². The third kappa shape index (κ3) is 4.16. The van der Waals surface area contributed by atoms with E-state index in [1.54, 1.807) is 0 Å². The fraction of sp³-hybridized carbons (Fsp3) is 0.538. The van der Waals surface area contributed by atoms with Gasteiger partial charge in [0.15, 0.2) is 0 Å². The van der Waals surface area contributed by atoms with E-state index in [4.69, 9.17) is 5.73 Å². The number of sulfonamides is 1. The summed E-state index contributed by atoms with van der Waals surface area (Å²) < 4.78 is 40.3. The molecule has 0 aliphatic carbocycles. The van der Waals surface area contributed by atoms with Gasteiger partial charge in [0.05, 0.1) is 4.90 Å². The molecule has 0 atom stereocenters. The van der Waals surface area contributed by atoms with Crippen LogP contribution in [0.1, 0.15) is 19.4 Å². The minimum absolute atomic E-state index is 0.0731. The number of rotatable bonds is 6. The Morgan fingerprint density at radius 1 is 1.40 bits per heavy atom. The van der Waals surface area contributed by atoms with Crippen LogP contribution in [-0.2, 0) is 10.0 Å². The van der Waals surface area contributed by atoms with E-state index in [1.807, 2.05) is 25.8 Å². The SMILES string of the molecule is Cc1c(F)cc(N)cc1S(=O)(=O)NCCN(C)C(C)C. The van der Waals surface area contributed by atoms with E-state index in [2.05, 4.69) is 4.72 Å². The van der Waals surface area contributed by atoms with Gasteiger partial charge in [0.1, 0.15) is 5.82 Å². The Kier molecular flexibility index (Phi) is 5.50. The molecule has 0 radical (unpaired) electrons. The fourth-order valence-corrected chi connectivity index (χ4v) is 2.95. The molecule has 1 aromatic carbocycles. The lowest BCUT2D eigenvalue weighted by atomic mass is 10.2. The first kappa shape index (κ1) is 16.9. The Labute approximate surface area is 120 Å². The van der Waals surface area contributed by atoms with E-state index in [9.17, 15) is 12.8 Å². The summed E-state index contributed by atoms with van der Waals surface area (Å²) in [5.41, 5.74) is 5.66. The number of nitrogens with zero attached hydrogens (tertiary/aromatic N) is 1. The molecule has 7 heteroatoms. The number of hydrogen-bond donors (Lipinski definition) is 2. The number of halogens is 1. The molecule has 3 N–H and O–H groups in total. The van der Waals surface area contributed by atoms with Gasteiger partial charge in [0.25, 0.3) is 0 Å². The summed E-state index contributed by atoms with van der Waals surface area (Å²) in [6.45, 7) is 6.29. The average Bonchev–Trinajstić information content (AvgIpc) is 2.33. The smallest absolute Gasteiger partial charge is 0.241 e. The zero-order valence-electron chi connectivity index (χ0n) is 12.3. The highest BCUT2D eigenvalue weighted by Gasteiger charge is 2.19. The van der Waals surface area contributed by atoms with Crippen molar-refractivity contribution in [2.45, 2.75) is 31.7 Å². The second kappa shape index (κ2) is 6.51. The summed E-state index contributed by atoms with van der Waals surface area (Å²) in [6.07, 6.45) is 0. The van der Waals surface area contributed by atoms with E-state index in [1.165, 1.54) is 13.0 Å². The fourth-order valence-electron chi connectivity index (χ4n) is 1.65. The van der Waals surface area contributed by atoms with Crippen LogP contribution < -0.4 is 10.5 Å². The van der Waals surface area contributed by atoms with Gasteiger partial charge in [-0.15, -0.1) is 0 Å². The maximum Gasteiger partial charge on any atom is 0.241 e. The van der Waals surface area contributed by atoms with Crippen molar-refractivity contribution < 1.29 is 12.8 Å². The molecule has 0 bridgehead atoms. The van der Waals surface area contributed by atoms with E-state index >= 15 is 0 Å². The van der Waals surface area contributed by atoms with Gasteiger partial charge in [-0.1, -0.05) is 0 Å². The normalized spacial score (nSPS) is 12.3. The molecule has 0 aromatic heterocycles. The van der Waals surface area contributed by atoms with E-state index in [0.717, 1.165) is 6.07 Å². The molecule has 0 unspecified atom stereocenters. The zero-order valence-corrected chi connectivity index (χ0v) is 13.1. The average molecular weight is 303 g/mol. The summed E-state index contributed by atoms with van der Waals surface area (Å²) in [4.78, 5) is 1.90. The van der Waals surface area contributed by atoms with Crippen molar-refractivity contribution in [1.82, 2.24) is 9.62 Å². The van der Waals surface area contributed by atoms with Crippen molar-refractivity contribution >= 4 is 15.7 Å². The van der Waals surface area contributed by atoms with Crippen LogP contribution in [0.3, 0.4) is 0 Å². The molecule has 0 heterocycles. The predicted octanol–water partition coefficient (Wildman–Crippen LogP) is 1.33. The highest BCUT2D eigenvalue weighted by atomic mass is 32.2. The van der Waals surface area contributed by atoms with Crippen molar-refractivity contribution in [3.63, 3.8) is 0 Å². The van der Waals surface area contributed by atoms with E-state index in [0.29, 0.717) is 12.6 Å². The van der Waals surface area contributed by atoms with Crippen molar-refractivity contribution in [2.24, 2.45) is 0 Å². The summed E-state index contributed by atoms with van der Waals surface area (Å²) >= 11 is 0. The molecule has 114 valence electrons. The number of likely N-dealkylation sites (N-methyl/N-ethyl adjacent to an activating group) is 1. The van der Waals surface area contributed by atoms with Crippen LogP contribution >= 0.6 is 0 Å². The Balaban J connectivity index is 2.85. The first-order valence-electron chi connectivity index (χ1n) is 6.40. The summed E-state index contributed by atoms with van der Waals surface area (Å²) in [6, 6.07) is 2.71. The molecule has 5 nitrogen and oxygen atoms in total. The number of nitrogens with one attached hydrogen (secondary N) is 1. The lowest BCUT2D eigenvalue weighted by Crippen LogP contribution is -2.36. The molecule has 1 aromatic rings. The molecule has 0 fully saturated rings.